The fourth-order valence-electron chi connectivity index (χ4n) is 1.83. The number of Topliss-reactive ketones (excluding diaryl/α,β-unsaturated/α-hetero) is 1. The van der Waals surface area contributed by atoms with Crippen molar-refractivity contribution in [3.63, 3.8) is 0 Å². The number of hydrogen-bond acceptors (Lipinski definition) is 2. The highest BCUT2D eigenvalue weighted by atomic mass is 16.1. The zero-order valence-electron chi connectivity index (χ0n) is 7.85. The van der Waals surface area contributed by atoms with Gasteiger partial charge in [0.25, 0.3) is 0 Å². The van der Waals surface area contributed by atoms with E-state index in [1.165, 1.54) is 0 Å². The molecule has 1 aliphatic carbocycles. The lowest BCUT2D eigenvalue weighted by molar-refractivity contribution is -0.113. The number of hydrogen-bond donors (Lipinski definition) is 0. The van der Waals surface area contributed by atoms with Gasteiger partial charge in [-0.2, -0.15) is 0 Å². The van der Waals surface area contributed by atoms with Crippen molar-refractivity contribution in [1.29, 1.82) is 0 Å². The molecule has 0 N–H and O–H groups in total. The summed E-state index contributed by atoms with van der Waals surface area (Å²) in [4.78, 5) is 22.2. The first-order valence-corrected chi connectivity index (χ1v) is 4.86. The molecule has 1 saturated carbocycles. The van der Waals surface area contributed by atoms with Crippen molar-refractivity contribution < 1.29 is 9.59 Å². The lowest BCUT2D eigenvalue weighted by Gasteiger charge is -2.30. The maximum Gasteiger partial charge on any atom is 0.165 e. The minimum atomic E-state index is 0.0765. The van der Waals surface area contributed by atoms with E-state index in [4.69, 9.17) is 0 Å². The molecule has 1 aromatic rings. The van der Waals surface area contributed by atoms with Gasteiger partial charge in [-0.15, -0.1) is 0 Å². The van der Waals surface area contributed by atoms with Gasteiger partial charge in [-0.25, -0.2) is 0 Å². The van der Waals surface area contributed by atoms with Crippen molar-refractivity contribution in [3.05, 3.63) is 35.9 Å². The van der Waals surface area contributed by atoms with Crippen LogP contribution in [0.15, 0.2) is 30.3 Å². The summed E-state index contributed by atoms with van der Waals surface area (Å²) in [7, 11) is 0. The van der Waals surface area contributed by atoms with Crippen LogP contribution in [0.4, 0.5) is 0 Å². The van der Waals surface area contributed by atoms with Crippen molar-refractivity contribution >= 4 is 12.1 Å². The molecule has 72 valence electrons. The lowest BCUT2D eigenvalue weighted by atomic mass is 9.72. The number of aldehydes is 1. The molecule has 0 unspecified atom stereocenters. The highest BCUT2D eigenvalue weighted by Crippen LogP contribution is 2.34. The van der Waals surface area contributed by atoms with Gasteiger partial charge < -0.3 is 4.79 Å². The first-order valence-electron chi connectivity index (χ1n) is 4.86. The van der Waals surface area contributed by atoms with Crippen LogP contribution in [0.3, 0.4) is 0 Å². The molecule has 0 aliphatic heterocycles. The van der Waals surface area contributed by atoms with E-state index in [9.17, 15) is 9.59 Å². The molecule has 1 aliphatic rings. The summed E-state index contributed by atoms with van der Waals surface area (Å²) in [6.45, 7) is 0. The molecule has 2 nitrogen and oxygen atoms in total. The van der Waals surface area contributed by atoms with Crippen LogP contribution in [0.5, 0.6) is 0 Å². The Morgan fingerprint density at radius 1 is 1.21 bits per heavy atom. The quantitative estimate of drug-likeness (QED) is 0.537. The van der Waals surface area contributed by atoms with Crippen LogP contribution >= 0.6 is 0 Å². The van der Waals surface area contributed by atoms with Gasteiger partial charge in [-0.05, 0) is 12.8 Å². The summed E-state index contributed by atoms with van der Waals surface area (Å²) < 4.78 is 0. The Kier molecular flexibility index (Phi) is 2.44. The van der Waals surface area contributed by atoms with Gasteiger partial charge in [-0.3, -0.25) is 4.79 Å². The second-order valence-electron chi connectivity index (χ2n) is 3.79. The van der Waals surface area contributed by atoms with Crippen molar-refractivity contribution in [2.24, 2.45) is 11.8 Å². The van der Waals surface area contributed by atoms with E-state index in [1.54, 1.807) is 0 Å². The normalized spacial score (nSPS) is 25.1. The van der Waals surface area contributed by atoms with Crippen LogP contribution in [-0.4, -0.2) is 12.1 Å². The molecular weight excluding hydrogens is 176 g/mol. The third kappa shape index (κ3) is 1.60. The van der Waals surface area contributed by atoms with Gasteiger partial charge in [0, 0.05) is 17.4 Å². The largest absolute Gasteiger partial charge is 0.303 e. The molecule has 0 atom stereocenters. The van der Waals surface area contributed by atoms with Gasteiger partial charge in [-0.1, -0.05) is 30.3 Å². The Morgan fingerprint density at radius 3 is 2.43 bits per heavy atom. The van der Waals surface area contributed by atoms with Crippen molar-refractivity contribution in [2.75, 3.05) is 0 Å². The van der Waals surface area contributed by atoms with Gasteiger partial charge in [0.2, 0.25) is 0 Å². The van der Waals surface area contributed by atoms with E-state index in [2.05, 4.69) is 0 Å². The number of carbonyl (C=O) groups excluding carboxylic acids is 2. The number of benzene rings is 1. The smallest absolute Gasteiger partial charge is 0.165 e. The van der Waals surface area contributed by atoms with Crippen LogP contribution in [-0.2, 0) is 4.79 Å². The third-order valence-corrected chi connectivity index (χ3v) is 2.80. The number of ketones is 1. The minimum Gasteiger partial charge on any atom is -0.303 e. The van der Waals surface area contributed by atoms with Crippen LogP contribution in [0.1, 0.15) is 23.2 Å². The zero-order chi connectivity index (χ0) is 9.97. The molecule has 0 bridgehead atoms. The Morgan fingerprint density at radius 2 is 1.86 bits per heavy atom. The molecule has 2 rings (SSSR count). The van der Waals surface area contributed by atoms with E-state index in [1.807, 2.05) is 30.3 Å². The summed E-state index contributed by atoms with van der Waals surface area (Å²) in [5, 5.41) is 0. The van der Waals surface area contributed by atoms with E-state index in [-0.39, 0.29) is 17.6 Å². The standard InChI is InChI=1S/C12H12O2/c13-8-9-6-11(7-9)12(14)10-4-2-1-3-5-10/h1-5,8-9,11H,6-7H2. The molecule has 14 heavy (non-hydrogen) atoms. The van der Waals surface area contributed by atoms with Crippen LogP contribution in [0.25, 0.3) is 0 Å². The van der Waals surface area contributed by atoms with E-state index < -0.39 is 0 Å². The second kappa shape index (κ2) is 3.74. The summed E-state index contributed by atoms with van der Waals surface area (Å²) in [6.07, 6.45) is 2.42. The SMILES string of the molecule is O=CC1CC(C(=O)c2ccccc2)C1. The molecule has 0 heterocycles. The molecular formula is C12H12O2. The average Bonchev–Trinajstić information content (AvgIpc) is 2.17. The molecule has 0 saturated heterocycles. The third-order valence-electron chi connectivity index (χ3n) is 2.80. The molecule has 0 spiro atoms. The predicted molar refractivity (Wildman–Crippen MR) is 53.1 cm³/mol. The summed E-state index contributed by atoms with van der Waals surface area (Å²) in [5.41, 5.74) is 0.766. The second-order valence-corrected chi connectivity index (χ2v) is 3.79. The zero-order valence-corrected chi connectivity index (χ0v) is 7.85. The van der Waals surface area contributed by atoms with Crippen molar-refractivity contribution in [3.8, 4) is 0 Å². The number of carbonyl (C=O) groups is 2. The first-order chi connectivity index (χ1) is 6.81. The number of rotatable bonds is 3. The Labute approximate surface area is 82.9 Å². The molecule has 0 amide bonds. The summed E-state index contributed by atoms with van der Waals surface area (Å²) >= 11 is 0. The first kappa shape index (κ1) is 9.13. The Bertz CT molecular complexity index is 337. The summed E-state index contributed by atoms with van der Waals surface area (Å²) in [5.74, 6) is 0.379. The van der Waals surface area contributed by atoms with Crippen LogP contribution < -0.4 is 0 Å². The Balaban J connectivity index is 2.01. The van der Waals surface area contributed by atoms with Crippen LogP contribution in [0.2, 0.25) is 0 Å². The highest BCUT2D eigenvalue weighted by Gasteiger charge is 2.34. The van der Waals surface area contributed by atoms with Crippen LogP contribution in [0, 0.1) is 11.8 Å². The fraction of sp³-hybridized carbons (Fsp3) is 0.333. The van der Waals surface area contributed by atoms with Gasteiger partial charge in [0.05, 0.1) is 0 Å². The van der Waals surface area contributed by atoms with Crippen molar-refractivity contribution in [1.82, 2.24) is 0 Å². The molecule has 1 aromatic carbocycles. The highest BCUT2D eigenvalue weighted by molar-refractivity contribution is 5.98. The maximum absolute atomic E-state index is 11.8. The van der Waals surface area contributed by atoms with E-state index in [0.29, 0.717) is 0 Å². The van der Waals surface area contributed by atoms with Gasteiger partial charge in [0.15, 0.2) is 5.78 Å². The van der Waals surface area contributed by atoms with E-state index >= 15 is 0 Å². The summed E-state index contributed by atoms with van der Waals surface area (Å²) in [6, 6.07) is 9.28. The minimum absolute atomic E-state index is 0.0765. The van der Waals surface area contributed by atoms with Gasteiger partial charge in [0.1, 0.15) is 6.29 Å². The van der Waals surface area contributed by atoms with E-state index in [0.717, 1.165) is 24.7 Å². The molecule has 0 aromatic heterocycles. The Hall–Kier alpha value is -1.44. The lowest BCUT2D eigenvalue weighted by Crippen LogP contribution is -2.31. The molecule has 0 radical (unpaired) electrons. The van der Waals surface area contributed by atoms with Gasteiger partial charge >= 0.3 is 0 Å². The monoisotopic (exact) mass is 188 g/mol. The molecule has 1 fully saturated rings. The topological polar surface area (TPSA) is 34.1 Å². The fourth-order valence-corrected chi connectivity index (χ4v) is 1.83. The predicted octanol–water partition coefficient (Wildman–Crippen LogP) is 2.09. The van der Waals surface area contributed by atoms with Crippen molar-refractivity contribution in [2.45, 2.75) is 12.8 Å². The average molecular weight is 188 g/mol. The maximum atomic E-state index is 11.8. The molecule has 2 heteroatoms.